The summed E-state index contributed by atoms with van der Waals surface area (Å²) in [6.45, 7) is 2.75. The summed E-state index contributed by atoms with van der Waals surface area (Å²) >= 11 is 0. The molecule has 28 heavy (non-hydrogen) atoms. The van der Waals surface area contributed by atoms with Gasteiger partial charge in [-0.2, -0.15) is 5.26 Å². The monoisotopic (exact) mass is 377 g/mol. The number of aromatic amines is 1. The molecule has 0 bridgehead atoms. The van der Waals surface area contributed by atoms with Crippen LogP contribution in [0.25, 0.3) is 10.9 Å². The van der Waals surface area contributed by atoms with E-state index in [4.69, 9.17) is 4.74 Å². The van der Waals surface area contributed by atoms with Gasteiger partial charge in [-0.15, -0.1) is 0 Å². The summed E-state index contributed by atoms with van der Waals surface area (Å²) in [5.74, 6) is 0.465. The number of methoxy groups -OCH3 is 1. The van der Waals surface area contributed by atoms with E-state index in [1.807, 2.05) is 30.3 Å². The molecule has 1 aliphatic heterocycles. The Balaban J connectivity index is 1.39. The molecule has 1 N–H and O–H groups in total. The van der Waals surface area contributed by atoms with E-state index in [-0.39, 0.29) is 11.7 Å². The van der Waals surface area contributed by atoms with Crippen molar-refractivity contribution < 1.29 is 9.13 Å². The molecule has 2 heterocycles. The Kier molecular flexibility index (Phi) is 5.31. The van der Waals surface area contributed by atoms with Crippen LogP contribution in [-0.2, 0) is 13.0 Å². The Hall–Kier alpha value is -2.84. The van der Waals surface area contributed by atoms with Crippen molar-refractivity contribution in [3.05, 3.63) is 65.1 Å². The van der Waals surface area contributed by atoms with Crippen LogP contribution in [0.1, 0.15) is 35.6 Å². The lowest BCUT2D eigenvalue weighted by Gasteiger charge is -2.27. The molecule has 1 aliphatic rings. The molecule has 1 atom stereocenters. The number of nitriles is 1. The van der Waals surface area contributed by atoms with Gasteiger partial charge in [-0.05, 0) is 60.8 Å². The first kappa shape index (κ1) is 18.5. The highest BCUT2D eigenvalue weighted by Crippen LogP contribution is 2.29. The highest BCUT2D eigenvalue weighted by atomic mass is 19.1. The first-order valence-electron chi connectivity index (χ1n) is 9.73. The third-order valence-corrected chi connectivity index (χ3v) is 5.64. The quantitative estimate of drug-likeness (QED) is 0.674. The van der Waals surface area contributed by atoms with Crippen molar-refractivity contribution >= 4 is 10.9 Å². The SMILES string of the molecule is COc1cccc(C(C#N)CCCN2CCc3[nH]c4ccc(F)cc4c3C2)c1. The van der Waals surface area contributed by atoms with E-state index in [9.17, 15) is 9.65 Å². The molecular weight excluding hydrogens is 353 g/mol. The molecule has 1 aromatic heterocycles. The fraction of sp³-hybridized carbons (Fsp3) is 0.348. The fourth-order valence-electron chi connectivity index (χ4n) is 4.12. The molecule has 0 saturated carbocycles. The van der Waals surface area contributed by atoms with Gasteiger partial charge in [0.1, 0.15) is 11.6 Å². The van der Waals surface area contributed by atoms with E-state index >= 15 is 0 Å². The van der Waals surface area contributed by atoms with Gasteiger partial charge in [0.15, 0.2) is 0 Å². The molecule has 1 unspecified atom stereocenters. The molecular formula is C23H24FN3O. The van der Waals surface area contributed by atoms with Gasteiger partial charge >= 0.3 is 0 Å². The van der Waals surface area contributed by atoms with E-state index in [2.05, 4.69) is 16.0 Å². The number of nitrogens with one attached hydrogen (secondary N) is 1. The van der Waals surface area contributed by atoms with Crippen LogP contribution in [0.5, 0.6) is 5.75 Å². The lowest BCUT2D eigenvalue weighted by molar-refractivity contribution is 0.248. The van der Waals surface area contributed by atoms with Crippen molar-refractivity contribution in [2.45, 2.75) is 31.7 Å². The van der Waals surface area contributed by atoms with Gasteiger partial charge in [-0.1, -0.05) is 12.1 Å². The first-order valence-corrected chi connectivity index (χ1v) is 9.73. The minimum atomic E-state index is -0.193. The van der Waals surface area contributed by atoms with E-state index in [0.717, 1.165) is 61.1 Å². The highest BCUT2D eigenvalue weighted by molar-refractivity contribution is 5.84. The number of H-pyrrole nitrogens is 1. The zero-order valence-corrected chi connectivity index (χ0v) is 16.0. The van der Waals surface area contributed by atoms with Gasteiger partial charge in [0.2, 0.25) is 0 Å². The summed E-state index contributed by atoms with van der Waals surface area (Å²) in [4.78, 5) is 5.83. The third-order valence-electron chi connectivity index (χ3n) is 5.64. The summed E-state index contributed by atoms with van der Waals surface area (Å²) in [6, 6.07) is 15.1. The number of halogens is 1. The molecule has 3 aromatic rings. The first-order chi connectivity index (χ1) is 13.7. The van der Waals surface area contributed by atoms with Gasteiger partial charge < -0.3 is 9.72 Å². The number of nitrogens with zero attached hydrogens (tertiary/aromatic N) is 2. The largest absolute Gasteiger partial charge is 0.497 e. The number of rotatable bonds is 6. The molecule has 0 spiro atoms. The van der Waals surface area contributed by atoms with Crippen molar-refractivity contribution in [3.63, 3.8) is 0 Å². The van der Waals surface area contributed by atoms with Crippen LogP contribution in [0.2, 0.25) is 0 Å². The Morgan fingerprint density at radius 1 is 1.29 bits per heavy atom. The molecule has 5 heteroatoms. The Labute approximate surface area is 164 Å². The van der Waals surface area contributed by atoms with Gasteiger partial charge in [0.25, 0.3) is 0 Å². The van der Waals surface area contributed by atoms with Crippen LogP contribution in [-0.4, -0.2) is 30.1 Å². The minimum Gasteiger partial charge on any atom is -0.497 e. The van der Waals surface area contributed by atoms with Gasteiger partial charge in [0.05, 0.1) is 19.1 Å². The van der Waals surface area contributed by atoms with Crippen LogP contribution in [0.3, 0.4) is 0 Å². The molecule has 0 amide bonds. The average molecular weight is 377 g/mol. The molecule has 144 valence electrons. The average Bonchev–Trinajstić information content (AvgIpc) is 3.08. The van der Waals surface area contributed by atoms with Crippen molar-refractivity contribution in [3.8, 4) is 11.8 Å². The number of aromatic nitrogens is 1. The highest BCUT2D eigenvalue weighted by Gasteiger charge is 2.21. The number of benzene rings is 2. The number of hydrogen-bond acceptors (Lipinski definition) is 3. The van der Waals surface area contributed by atoms with E-state index in [0.29, 0.717) is 0 Å². The van der Waals surface area contributed by atoms with Crippen LogP contribution < -0.4 is 4.74 Å². The predicted molar refractivity (Wildman–Crippen MR) is 108 cm³/mol. The van der Waals surface area contributed by atoms with Crippen LogP contribution in [0, 0.1) is 17.1 Å². The normalized spacial score (nSPS) is 15.2. The third kappa shape index (κ3) is 3.74. The number of fused-ring (bicyclic) bond motifs is 3. The van der Waals surface area contributed by atoms with E-state index in [1.165, 1.54) is 17.3 Å². The lowest BCUT2D eigenvalue weighted by atomic mass is 9.95. The van der Waals surface area contributed by atoms with Crippen LogP contribution in [0.15, 0.2) is 42.5 Å². The lowest BCUT2D eigenvalue weighted by Crippen LogP contribution is -2.31. The molecule has 2 aromatic carbocycles. The summed E-state index contributed by atoms with van der Waals surface area (Å²) < 4.78 is 18.9. The van der Waals surface area contributed by atoms with Crippen molar-refractivity contribution in [2.24, 2.45) is 0 Å². The zero-order valence-electron chi connectivity index (χ0n) is 16.0. The Morgan fingerprint density at radius 2 is 2.18 bits per heavy atom. The van der Waals surface area contributed by atoms with Crippen molar-refractivity contribution in [1.29, 1.82) is 5.26 Å². The number of ether oxygens (including phenoxy) is 1. The number of hydrogen-bond donors (Lipinski definition) is 1. The molecule has 4 nitrogen and oxygen atoms in total. The zero-order chi connectivity index (χ0) is 19.5. The summed E-state index contributed by atoms with van der Waals surface area (Å²) in [7, 11) is 1.64. The molecule has 4 rings (SSSR count). The Morgan fingerprint density at radius 3 is 3.00 bits per heavy atom. The van der Waals surface area contributed by atoms with Crippen LogP contribution >= 0.6 is 0 Å². The second-order valence-electron chi connectivity index (χ2n) is 7.40. The predicted octanol–water partition coefficient (Wildman–Crippen LogP) is 4.76. The van der Waals surface area contributed by atoms with Crippen molar-refractivity contribution in [2.75, 3.05) is 20.2 Å². The van der Waals surface area contributed by atoms with Crippen LogP contribution in [0.4, 0.5) is 4.39 Å². The van der Waals surface area contributed by atoms with E-state index in [1.54, 1.807) is 13.2 Å². The van der Waals surface area contributed by atoms with Gasteiger partial charge in [-0.25, -0.2) is 4.39 Å². The second kappa shape index (κ2) is 8.04. The standard InChI is InChI=1S/C23H24FN3O/c1-28-19-6-2-4-16(12-19)17(14-25)5-3-10-27-11-9-23-21(15-27)20-13-18(24)7-8-22(20)26-23/h2,4,6-8,12-13,17,26H,3,5,9-11,15H2,1H3. The summed E-state index contributed by atoms with van der Waals surface area (Å²) in [5, 5.41) is 10.6. The molecule has 0 fully saturated rings. The maximum absolute atomic E-state index is 13.7. The second-order valence-corrected chi connectivity index (χ2v) is 7.40. The smallest absolute Gasteiger partial charge is 0.123 e. The van der Waals surface area contributed by atoms with Gasteiger partial charge in [-0.3, -0.25) is 4.90 Å². The summed E-state index contributed by atoms with van der Waals surface area (Å²) in [6.07, 6.45) is 2.71. The fourth-order valence-corrected chi connectivity index (χ4v) is 4.12. The van der Waals surface area contributed by atoms with E-state index < -0.39 is 0 Å². The molecule has 0 radical (unpaired) electrons. The molecule has 0 saturated heterocycles. The Bertz CT molecular complexity index is 1020. The molecule has 0 aliphatic carbocycles. The topological polar surface area (TPSA) is 52.0 Å². The summed E-state index contributed by atoms with van der Waals surface area (Å²) in [5.41, 5.74) is 4.46. The van der Waals surface area contributed by atoms with Gasteiger partial charge in [0, 0.05) is 36.1 Å². The maximum Gasteiger partial charge on any atom is 0.123 e. The minimum absolute atomic E-state index is 0.127. The van der Waals surface area contributed by atoms with Crippen molar-refractivity contribution in [1.82, 2.24) is 9.88 Å². The maximum atomic E-state index is 13.7.